The lowest BCUT2D eigenvalue weighted by Crippen LogP contribution is -2.29. The number of nitrogens with zero attached hydrogens (tertiary/aromatic N) is 4. The molecular weight excluding hydrogens is 360 g/mol. The quantitative estimate of drug-likeness (QED) is 0.679. The summed E-state index contributed by atoms with van der Waals surface area (Å²) in [4.78, 5) is 8.91. The Kier molecular flexibility index (Phi) is 5.65. The smallest absolute Gasteiger partial charge is 0.227 e. The van der Waals surface area contributed by atoms with Gasteiger partial charge in [0.25, 0.3) is 0 Å². The molecule has 7 heteroatoms. The zero-order valence-electron chi connectivity index (χ0n) is 15.1. The van der Waals surface area contributed by atoms with Crippen LogP contribution < -0.4 is 10.6 Å². The number of aryl methyl sites for hydroxylation is 2. The minimum Gasteiger partial charge on any atom is -0.321 e. The van der Waals surface area contributed by atoms with Crippen molar-refractivity contribution < 1.29 is 0 Å². The van der Waals surface area contributed by atoms with Gasteiger partial charge in [-0.1, -0.05) is 41.9 Å². The SMILES string of the molecule is Clc1cnc(Nc2cnn(C3CCNCC3)c2)nc1CCc1ccccc1. The van der Waals surface area contributed by atoms with Gasteiger partial charge in [-0.3, -0.25) is 4.68 Å². The van der Waals surface area contributed by atoms with Gasteiger partial charge < -0.3 is 10.6 Å². The van der Waals surface area contributed by atoms with Gasteiger partial charge in [0.1, 0.15) is 0 Å². The van der Waals surface area contributed by atoms with Crippen molar-refractivity contribution in [3.05, 3.63) is 65.2 Å². The Bertz CT molecular complexity index is 873. The van der Waals surface area contributed by atoms with Crippen LogP contribution in [-0.4, -0.2) is 32.8 Å². The van der Waals surface area contributed by atoms with Gasteiger partial charge >= 0.3 is 0 Å². The molecule has 140 valence electrons. The fraction of sp³-hybridized carbons (Fsp3) is 0.350. The normalized spacial score (nSPS) is 15.0. The predicted molar refractivity (Wildman–Crippen MR) is 108 cm³/mol. The van der Waals surface area contributed by atoms with E-state index in [1.165, 1.54) is 5.56 Å². The van der Waals surface area contributed by atoms with Crippen LogP contribution in [0.2, 0.25) is 5.02 Å². The molecule has 0 amide bonds. The molecule has 0 spiro atoms. The number of nitrogens with one attached hydrogen (secondary N) is 2. The van der Waals surface area contributed by atoms with Crippen molar-refractivity contribution in [1.29, 1.82) is 0 Å². The fourth-order valence-corrected chi connectivity index (χ4v) is 3.53. The third-order valence-corrected chi connectivity index (χ3v) is 5.17. The van der Waals surface area contributed by atoms with Crippen LogP contribution in [0, 0.1) is 0 Å². The Morgan fingerprint density at radius 1 is 1.11 bits per heavy atom. The summed E-state index contributed by atoms with van der Waals surface area (Å²) in [6.45, 7) is 2.08. The molecular formula is C20H23ClN6. The molecule has 1 aliphatic heterocycles. The van der Waals surface area contributed by atoms with Crippen molar-refractivity contribution in [3.8, 4) is 0 Å². The number of rotatable bonds is 6. The molecule has 27 heavy (non-hydrogen) atoms. The number of halogens is 1. The molecule has 1 aliphatic rings. The van der Waals surface area contributed by atoms with E-state index in [4.69, 9.17) is 11.6 Å². The second-order valence-corrected chi connectivity index (χ2v) is 7.20. The lowest BCUT2D eigenvalue weighted by Gasteiger charge is -2.22. The lowest BCUT2D eigenvalue weighted by molar-refractivity contribution is 0.343. The molecule has 0 unspecified atom stereocenters. The molecule has 2 aromatic heterocycles. The minimum atomic E-state index is 0.453. The zero-order valence-corrected chi connectivity index (χ0v) is 15.9. The first-order chi connectivity index (χ1) is 13.3. The average Bonchev–Trinajstić information content (AvgIpc) is 3.18. The van der Waals surface area contributed by atoms with E-state index in [9.17, 15) is 0 Å². The van der Waals surface area contributed by atoms with Crippen LogP contribution in [0.3, 0.4) is 0 Å². The van der Waals surface area contributed by atoms with Gasteiger partial charge in [0.15, 0.2) is 0 Å². The van der Waals surface area contributed by atoms with Crippen LogP contribution in [0.15, 0.2) is 48.9 Å². The van der Waals surface area contributed by atoms with Crippen molar-refractivity contribution in [2.45, 2.75) is 31.7 Å². The maximum Gasteiger partial charge on any atom is 0.227 e. The topological polar surface area (TPSA) is 67.7 Å². The van der Waals surface area contributed by atoms with Crippen LogP contribution in [-0.2, 0) is 12.8 Å². The number of benzene rings is 1. The van der Waals surface area contributed by atoms with Crippen LogP contribution in [0.5, 0.6) is 0 Å². The van der Waals surface area contributed by atoms with E-state index in [2.05, 4.69) is 37.8 Å². The summed E-state index contributed by atoms with van der Waals surface area (Å²) < 4.78 is 2.04. The molecule has 1 aromatic carbocycles. The summed E-state index contributed by atoms with van der Waals surface area (Å²) in [5, 5.41) is 11.7. The van der Waals surface area contributed by atoms with E-state index in [0.717, 1.165) is 50.2 Å². The van der Waals surface area contributed by atoms with Crippen LogP contribution in [0.4, 0.5) is 11.6 Å². The highest BCUT2D eigenvalue weighted by Crippen LogP contribution is 2.22. The average molecular weight is 383 g/mol. The van der Waals surface area contributed by atoms with Crippen LogP contribution >= 0.6 is 11.6 Å². The monoisotopic (exact) mass is 382 g/mol. The summed E-state index contributed by atoms with van der Waals surface area (Å²) in [5.74, 6) is 0.548. The molecule has 3 aromatic rings. The standard InChI is InChI=1S/C20H23ClN6/c21-18-13-23-20(26-19(18)7-6-15-4-2-1-3-5-15)25-16-12-24-27(14-16)17-8-10-22-11-9-17/h1-5,12-14,17,22H,6-11H2,(H,23,25,26). The molecule has 0 radical (unpaired) electrons. The van der Waals surface area contributed by atoms with E-state index in [1.807, 2.05) is 35.3 Å². The number of hydrogen-bond donors (Lipinski definition) is 2. The molecule has 0 atom stereocenters. The van der Waals surface area contributed by atoms with E-state index >= 15 is 0 Å². The molecule has 6 nitrogen and oxygen atoms in total. The molecule has 2 N–H and O–H groups in total. The second-order valence-electron chi connectivity index (χ2n) is 6.79. The number of aromatic nitrogens is 4. The lowest BCUT2D eigenvalue weighted by atomic mass is 10.1. The highest BCUT2D eigenvalue weighted by Gasteiger charge is 2.16. The molecule has 1 saturated heterocycles. The Labute approximate surface area is 164 Å². The predicted octanol–water partition coefficient (Wildman–Crippen LogP) is 3.78. The summed E-state index contributed by atoms with van der Waals surface area (Å²) in [7, 11) is 0. The highest BCUT2D eigenvalue weighted by molar-refractivity contribution is 6.31. The first kappa shape index (κ1) is 17.9. The van der Waals surface area contributed by atoms with Crippen LogP contribution in [0.25, 0.3) is 0 Å². The number of anilines is 2. The summed E-state index contributed by atoms with van der Waals surface area (Å²) in [6.07, 6.45) is 9.37. The third kappa shape index (κ3) is 4.64. The molecule has 3 heterocycles. The van der Waals surface area contributed by atoms with Crippen molar-refractivity contribution in [3.63, 3.8) is 0 Å². The van der Waals surface area contributed by atoms with E-state index in [1.54, 1.807) is 6.20 Å². The van der Waals surface area contributed by atoms with Crippen LogP contribution in [0.1, 0.15) is 30.1 Å². The van der Waals surface area contributed by atoms with Gasteiger partial charge in [-0.05, 0) is 44.3 Å². The first-order valence-corrected chi connectivity index (χ1v) is 9.73. The van der Waals surface area contributed by atoms with Gasteiger partial charge in [-0.15, -0.1) is 0 Å². The number of piperidine rings is 1. The van der Waals surface area contributed by atoms with E-state index in [0.29, 0.717) is 17.0 Å². The number of hydrogen-bond acceptors (Lipinski definition) is 5. The van der Waals surface area contributed by atoms with Gasteiger partial charge in [0, 0.05) is 6.20 Å². The third-order valence-electron chi connectivity index (χ3n) is 4.85. The fourth-order valence-electron chi connectivity index (χ4n) is 3.35. The Morgan fingerprint density at radius 2 is 1.93 bits per heavy atom. The second kappa shape index (κ2) is 8.50. The first-order valence-electron chi connectivity index (χ1n) is 9.35. The molecule has 0 bridgehead atoms. The van der Waals surface area contributed by atoms with Crippen molar-refractivity contribution in [2.75, 3.05) is 18.4 Å². The summed E-state index contributed by atoms with van der Waals surface area (Å²) >= 11 is 6.30. The van der Waals surface area contributed by atoms with E-state index < -0.39 is 0 Å². The Balaban J connectivity index is 1.42. The molecule has 1 fully saturated rings. The van der Waals surface area contributed by atoms with Gasteiger partial charge in [0.2, 0.25) is 5.95 Å². The highest BCUT2D eigenvalue weighted by atomic mass is 35.5. The molecule has 0 aliphatic carbocycles. The van der Waals surface area contributed by atoms with Crippen molar-refractivity contribution in [2.24, 2.45) is 0 Å². The van der Waals surface area contributed by atoms with Crippen molar-refractivity contribution in [1.82, 2.24) is 25.1 Å². The largest absolute Gasteiger partial charge is 0.321 e. The van der Waals surface area contributed by atoms with Gasteiger partial charge in [-0.25, -0.2) is 9.97 Å². The van der Waals surface area contributed by atoms with E-state index in [-0.39, 0.29) is 0 Å². The summed E-state index contributed by atoms with van der Waals surface area (Å²) in [5.41, 5.74) is 3.01. The summed E-state index contributed by atoms with van der Waals surface area (Å²) in [6, 6.07) is 10.8. The molecule has 4 rings (SSSR count). The van der Waals surface area contributed by atoms with Gasteiger partial charge in [-0.2, -0.15) is 5.10 Å². The Morgan fingerprint density at radius 3 is 2.74 bits per heavy atom. The molecule has 0 saturated carbocycles. The Hall–Kier alpha value is -2.44. The van der Waals surface area contributed by atoms with Crippen molar-refractivity contribution >= 4 is 23.2 Å². The maximum atomic E-state index is 6.30. The maximum absolute atomic E-state index is 6.30. The zero-order chi connectivity index (χ0) is 18.5. The van der Waals surface area contributed by atoms with Gasteiger partial charge in [0.05, 0.1) is 34.8 Å². The minimum absolute atomic E-state index is 0.453.